The summed E-state index contributed by atoms with van der Waals surface area (Å²) in [6, 6.07) is 17.1. The second-order valence-corrected chi connectivity index (χ2v) is 5.92. The average molecular weight is 320 g/mol. The summed E-state index contributed by atoms with van der Waals surface area (Å²) in [5.74, 6) is -0.0896. The van der Waals surface area contributed by atoms with Gasteiger partial charge in [0.05, 0.1) is 17.6 Å². The molecule has 0 atom stereocenters. The Hall–Kier alpha value is -3.08. The summed E-state index contributed by atoms with van der Waals surface area (Å²) >= 11 is 0. The number of anilines is 3. The number of benzene rings is 2. The molecular formula is C19H20N4O. The molecule has 0 bridgehead atoms. The molecule has 0 aliphatic rings. The molecule has 5 nitrogen and oxygen atoms in total. The number of nitrogens with zero attached hydrogens (tertiary/aromatic N) is 2. The van der Waals surface area contributed by atoms with E-state index in [-0.39, 0.29) is 12.3 Å². The highest BCUT2D eigenvalue weighted by molar-refractivity contribution is 5.93. The predicted octanol–water partition coefficient (Wildman–Crippen LogP) is 3.06. The van der Waals surface area contributed by atoms with Crippen LogP contribution in [0.2, 0.25) is 0 Å². The van der Waals surface area contributed by atoms with Gasteiger partial charge in [-0.05, 0) is 42.5 Å². The van der Waals surface area contributed by atoms with Gasteiger partial charge in [0.2, 0.25) is 5.91 Å². The molecular weight excluding hydrogens is 300 g/mol. The Morgan fingerprint density at radius 3 is 2.75 bits per heavy atom. The van der Waals surface area contributed by atoms with Crippen molar-refractivity contribution in [1.29, 1.82) is 0 Å². The molecule has 0 aliphatic heterocycles. The number of amides is 1. The lowest BCUT2D eigenvalue weighted by Crippen LogP contribution is -2.16. The number of rotatable bonds is 4. The van der Waals surface area contributed by atoms with Crippen molar-refractivity contribution in [3.8, 4) is 0 Å². The Bertz CT molecular complexity index is 889. The molecule has 24 heavy (non-hydrogen) atoms. The van der Waals surface area contributed by atoms with Gasteiger partial charge in [0.1, 0.15) is 0 Å². The summed E-state index contributed by atoms with van der Waals surface area (Å²) in [6.45, 7) is 0. The van der Waals surface area contributed by atoms with E-state index in [0.29, 0.717) is 5.69 Å². The molecule has 122 valence electrons. The van der Waals surface area contributed by atoms with Crippen LogP contribution in [-0.2, 0) is 11.2 Å². The zero-order chi connectivity index (χ0) is 17.1. The van der Waals surface area contributed by atoms with Gasteiger partial charge < -0.3 is 16.0 Å². The molecule has 0 aliphatic carbocycles. The van der Waals surface area contributed by atoms with Crippen molar-refractivity contribution in [2.24, 2.45) is 0 Å². The van der Waals surface area contributed by atoms with Crippen LogP contribution in [0.15, 0.2) is 54.6 Å². The molecule has 1 heterocycles. The maximum absolute atomic E-state index is 12.3. The number of fused-ring (bicyclic) bond motifs is 1. The van der Waals surface area contributed by atoms with E-state index in [9.17, 15) is 4.79 Å². The van der Waals surface area contributed by atoms with Gasteiger partial charge in [0, 0.05) is 36.5 Å². The first kappa shape index (κ1) is 15.8. The Morgan fingerprint density at radius 1 is 1.12 bits per heavy atom. The quantitative estimate of drug-likeness (QED) is 0.725. The fraction of sp³-hybridized carbons (Fsp3) is 0.158. The highest BCUT2D eigenvalue weighted by atomic mass is 16.1. The molecule has 0 fully saturated rings. The van der Waals surface area contributed by atoms with Crippen molar-refractivity contribution >= 4 is 33.9 Å². The maximum Gasteiger partial charge on any atom is 0.230 e. The zero-order valence-corrected chi connectivity index (χ0v) is 13.8. The monoisotopic (exact) mass is 320 g/mol. The van der Waals surface area contributed by atoms with Crippen molar-refractivity contribution in [2.75, 3.05) is 30.0 Å². The molecule has 3 aromatic rings. The SMILES string of the molecule is CN(C)c1cccc(NC(=O)Cc2ccc3cc(N)ccc3n2)c1. The summed E-state index contributed by atoms with van der Waals surface area (Å²) in [5, 5.41) is 3.89. The van der Waals surface area contributed by atoms with Gasteiger partial charge in [-0.3, -0.25) is 9.78 Å². The van der Waals surface area contributed by atoms with Crippen molar-refractivity contribution in [2.45, 2.75) is 6.42 Å². The average Bonchev–Trinajstić information content (AvgIpc) is 2.55. The Morgan fingerprint density at radius 2 is 1.96 bits per heavy atom. The first-order valence-corrected chi connectivity index (χ1v) is 7.74. The number of carbonyl (C=O) groups is 1. The fourth-order valence-corrected chi connectivity index (χ4v) is 2.52. The molecule has 3 rings (SSSR count). The lowest BCUT2D eigenvalue weighted by Gasteiger charge is -2.14. The minimum absolute atomic E-state index is 0.0896. The van der Waals surface area contributed by atoms with Crippen LogP contribution in [0.5, 0.6) is 0 Å². The minimum atomic E-state index is -0.0896. The van der Waals surface area contributed by atoms with E-state index in [1.807, 2.05) is 73.6 Å². The van der Waals surface area contributed by atoms with Crippen LogP contribution in [-0.4, -0.2) is 25.0 Å². The molecule has 1 aromatic heterocycles. The minimum Gasteiger partial charge on any atom is -0.399 e. The van der Waals surface area contributed by atoms with Gasteiger partial charge in [-0.15, -0.1) is 0 Å². The lowest BCUT2D eigenvalue weighted by atomic mass is 10.1. The first-order chi connectivity index (χ1) is 11.5. The molecule has 0 spiro atoms. The molecule has 0 radical (unpaired) electrons. The maximum atomic E-state index is 12.3. The highest BCUT2D eigenvalue weighted by Crippen LogP contribution is 2.18. The smallest absolute Gasteiger partial charge is 0.230 e. The number of nitrogens with one attached hydrogen (secondary N) is 1. The number of nitrogens with two attached hydrogens (primary N) is 1. The first-order valence-electron chi connectivity index (χ1n) is 7.74. The lowest BCUT2D eigenvalue weighted by molar-refractivity contribution is -0.115. The molecule has 2 aromatic carbocycles. The van der Waals surface area contributed by atoms with Crippen LogP contribution in [0.1, 0.15) is 5.69 Å². The van der Waals surface area contributed by atoms with Crippen molar-refractivity contribution in [1.82, 2.24) is 4.98 Å². The summed E-state index contributed by atoms with van der Waals surface area (Å²) in [6.07, 6.45) is 0.229. The molecule has 0 unspecified atom stereocenters. The van der Waals surface area contributed by atoms with Gasteiger partial charge in [0.25, 0.3) is 0 Å². The Labute approximate surface area is 141 Å². The topological polar surface area (TPSA) is 71.2 Å². The van der Waals surface area contributed by atoms with Crippen LogP contribution in [0, 0.1) is 0 Å². The third-order valence-corrected chi connectivity index (χ3v) is 3.76. The van der Waals surface area contributed by atoms with E-state index in [2.05, 4.69) is 10.3 Å². The molecule has 5 heteroatoms. The number of carbonyl (C=O) groups excluding carboxylic acids is 1. The summed E-state index contributed by atoms with van der Waals surface area (Å²) in [5.41, 5.74) is 9.85. The molecule has 0 saturated carbocycles. The van der Waals surface area contributed by atoms with E-state index >= 15 is 0 Å². The van der Waals surface area contributed by atoms with E-state index in [1.54, 1.807) is 0 Å². The largest absolute Gasteiger partial charge is 0.399 e. The Kier molecular flexibility index (Phi) is 4.33. The van der Waals surface area contributed by atoms with Gasteiger partial charge in [-0.2, -0.15) is 0 Å². The predicted molar refractivity (Wildman–Crippen MR) is 99.3 cm³/mol. The molecule has 3 N–H and O–H groups in total. The van der Waals surface area contributed by atoms with Crippen LogP contribution in [0.4, 0.5) is 17.1 Å². The third kappa shape index (κ3) is 3.63. The van der Waals surface area contributed by atoms with Gasteiger partial charge in [0.15, 0.2) is 0 Å². The summed E-state index contributed by atoms with van der Waals surface area (Å²) in [7, 11) is 3.93. The van der Waals surface area contributed by atoms with Crippen LogP contribution in [0.3, 0.4) is 0 Å². The number of hydrogen-bond donors (Lipinski definition) is 2. The zero-order valence-electron chi connectivity index (χ0n) is 13.8. The normalized spacial score (nSPS) is 10.6. The van der Waals surface area contributed by atoms with Crippen molar-refractivity contribution in [3.63, 3.8) is 0 Å². The van der Waals surface area contributed by atoms with E-state index < -0.39 is 0 Å². The summed E-state index contributed by atoms with van der Waals surface area (Å²) < 4.78 is 0. The Balaban J connectivity index is 1.73. The number of pyridine rings is 1. The third-order valence-electron chi connectivity index (χ3n) is 3.76. The highest BCUT2D eigenvalue weighted by Gasteiger charge is 2.07. The van der Waals surface area contributed by atoms with E-state index in [0.717, 1.165) is 28.0 Å². The standard InChI is InChI=1S/C19H20N4O/c1-23(2)17-5-3-4-15(11-17)22-19(24)12-16-8-6-13-10-14(20)7-9-18(13)21-16/h3-11H,12,20H2,1-2H3,(H,22,24). The van der Waals surface area contributed by atoms with E-state index in [1.165, 1.54) is 0 Å². The molecule has 0 saturated heterocycles. The number of hydrogen-bond acceptors (Lipinski definition) is 4. The van der Waals surface area contributed by atoms with Gasteiger partial charge in [-0.25, -0.2) is 0 Å². The second kappa shape index (κ2) is 6.58. The number of aromatic nitrogens is 1. The van der Waals surface area contributed by atoms with Crippen LogP contribution < -0.4 is 16.0 Å². The van der Waals surface area contributed by atoms with Gasteiger partial charge >= 0.3 is 0 Å². The van der Waals surface area contributed by atoms with E-state index in [4.69, 9.17) is 5.73 Å². The van der Waals surface area contributed by atoms with Crippen molar-refractivity contribution < 1.29 is 4.79 Å². The summed E-state index contributed by atoms with van der Waals surface area (Å²) in [4.78, 5) is 18.8. The van der Waals surface area contributed by atoms with Crippen LogP contribution in [0.25, 0.3) is 10.9 Å². The fourth-order valence-electron chi connectivity index (χ4n) is 2.52. The van der Waals surface area contributed by atoms with Crippen molar-refractivity contribution in [3.05, 3.63) is 60.3 Å². The molecule has 1 amide bonds. The number of nitrogen functional groups attached to an aromatic ring is 1. The second-order valence-electron chi connectivity index (χ2n) is 5.92. The van der Waals surface area contributed by atoms with Gasteiger partial charge in [-0.1, -0.05) is 12.1 Å². The van der Waals surface area contributed by atoms with Crippen LogP contribution >= 0.6 is 0 Å².